The van der Waals surface area contributed by atoms with Gasteiger partial charge in [0.05, 0.1) is 12.6 Å². The van der Waals surface area contributed by atoms with Gasteiger partial charge in [-0.15, -0.1) is 0 Å². The van der Waals surface area contributed by atoms with Crippen LogP contribution in [0.3, 0.4) is 0 Å². The smallest absolute Gasteiger partial charge is 0.236 e. The molecule has 1 heterocycles. The van der Waals surface area contributed by atoms with Gasteiger partial charge in [0.15, 0.2) is 0 Å². The number of halogens is 1. The zero-order valence-corrected chi connectivity index (χ0v) is 20.7. The molecule has 4 rings (SSSR count). The van der Waals surface area contributed by atoms with Gasteiger partial charge in [-0.3, -0.25) is 10.1 Å². The van der Waals surface area contributed by atoms with Crippen LogP contribution in [0.4, 0.5) is 0 Å². The van der Waals surface area contributed by atoms with Crippen molar-refractivity contribution in [2.45, 2.75) is 44.6 Å². The summed E-state index contributed by atoms with van der Waals surface area (Å²) >= 11 is 6.22. The van der Waals surface area contributed by atoms with E-state index in [1.807, 2.05) is 35.2 Å². The predicted octanol–water partition coefficient (Wildman–Crippen LogP) is 5.87. The van der Waals surface area contributed by atoms with E-state index in [0.717, 1.165) is 37.9 Å². The lowest BCUT2D eigenvalue weighted by molar-refractivity contribution is -0.131. The van der Waals surface area contributed by atoms with E-state index in [2.05, 4.69) is 43.4 Å². The molecule has 1 unspecified atom stereocenters. The highest BCUT2D eigenvalue weighted by Crippen LogP contribution is 2.37. The Balaban J connectivity index is 1.44. The Hall–Kier alpha value is -2.82. The minimum atomic E-state index is -0.338. The maximum absolute atomic E-state index is 13.2. The highest BCUT2D eigenvalue weighted by Gasteiger charge is 2.34. The minimum absolute atomic E-state index is 0.0771. The van der Waals surface area contributed by atoms with Gasteiger partial charge in [-0.1, -0.05) is 80.0 Å². The molecule has 178 valence electrons. The second-order valence-corrected chi connectivity index (χ2v) is 9.82. The van der Waals surface area contributed by atoms with Gasteiger partial charge in [-0.2, -0.15) is 0 Å². The van der Waals surface area contributed by atoms with Crippen molar-refractivity contribution in [3.63, 3.8) is 0 Å². The maximum Gasteiger partial charge on any atom is 0.236 e. The molecule has 0 aliphatic carbocycles. The molecule has 3 aromatic rings. The molecule has 0 aromatic heterocycles. The number of phenols is 1. The lowest BCUT2D eigenvalue weighted by Gasteiger charge is -2.41. The van der Waals surface area contributed by atoms with Gasteiger partial charge in [0.1, 0.15) is 5.75 Å². The van der Waals surface area contributed by atoms with Gasteiger partial charge in [0, 0.05) is 23.7 Å². The quantitative estimate of drug-likeness (QED) is 0.448. The Kier molecular flexibility index (Phi) is 7.60. The van der Waals surface area contributed by atoms with Crippen molar-refractivity contribution >= 4 is 17.5 Å². The molecule has 34 heavy (non-hydrogen) atoms. The Morgan fingerprint density at radius 3 is 2.44 bits per heavy atom. The SMILES string of the molecule is CCc1ccccc1C1(C)CCN(C(=O)CNC(c2ccccc2)c2cc(Cl)ccc2O)CC1. The van der Waals surface area contributed by atoms with Crippen molar-refractivity contribution in [2.24, 2.45) is 0 Å². The van der Waals surface area contributed by atoms with Gasteiger partial charge < -0.3 is 10.0 Å². The summed E-state index contributed by atoms with van der Waals surface area (Å²) in [7, 11) is 0. The van der Waals surface area contributed by atoms with E-state index in [9.17, 15) is 9.90 Å². The number of rotatable bonds is 7. The largest absolute Gasteiger partial charge is 0.508 e. The molecule has 4 nitrogen and oxygen atoms in total. The average molecular weight is 477 g/mol. The van der Waals surface area contributed by atoms with Crippen LogP contribution < -0.4 is 5.32 Å². The number of nitrogens with one attached hydrogen (secondary N) is 1. The molecule has 3 aromatic carbocycles. The molecule has 0 bridgehead atoms. The number of phenolic OH excluding ortho intramolecular Hbond substituents is 1. The highest BCUT2D eigenvalue weighted by molar-refractivity contribution is 6.30. The molecule has 2 N–H and O–H groups in total. The molecule has 0 spiro atoms. The number of hydrogen-bond donors (Lipinski definition) is 2. The third-order valence-electron chi connectivity index (χ3n) is 7.16. The zero-order chi connectivity index (χ0) is 24.1. The molecule has 0 radical (unpaired) electrons. The van der Waals surface area contributed by atoms with Gasteiger partial charge in [0.2, 0.25) is 5.91 Å². The topological polar surface area (TPSA) is 52.6 Å². The fourth-order valence-electron chi connectivity index (χ4n) is 5.05. The number of aryl methyl sites for hydroxylation is 1. The Bertz CT molecular complexity index is 1120. The number of nitrogens with zero attached hydrogens (tertiary/aromatic N) is 1. The first-order chi connectivity index (χ1) is 16.4. The Morgan fingerprint density at radius 1 is 1.06 bits per heavy atom. The van der Waals surface area contributed by atoms with Crippen molar-refractivity contribution in [2.75, 3.05) is 19.6 Å². The van der Waals surface area contributed by atoms with E-state index in [-0.39, 0.29) is 29.7 Å². The molecular weight excluding hydrogens is 444 g/mol. The summed E-state index contributed by atoms with van der Waals surface area (Å²) in [4.78, 5) is 15.1. The highest BCUT2D eigenvalue weighted by atomic mass is 35.5. The van der Waals surface area contributed by atoms with Crippen LogP contribution in [-0.4, -0.2) is 35.5 Å². The first-order valence-electron chi connectivity index (χ1n) is 12.0. The zero-order valence-electron chi connectivity index (χ0n) is 19.9. The van der Waals surface area contributed by atoms with Crippen LogP contribution in [0, 0.1) is 0 Å². The summed E-state index contributed by atoms with van der Waals surface area (Å²) < 4.78 is 0. The molecule has 1 saturated heterocycles. The van der Waals surface area contributed by atoms with E-state index in [1.54, 1.807) is 18.2 Å². The number of hydrogen-bond acceptors (Lipinski definition) is 3. The summed E-state index contributed by atoms with van der Waals surface area (Å²) in [6, 6.07) is 23.2. The van der Waals surface area contributed by atoms with Crippen LogP contribution >= 0.6 is 11.6 Å². The van der Waals surface area contributed by atoms with Crippen LogP contribution in [0.1, 0.15) is 55.0 Å². The number of carbonyl (C=O) groups is 1. The number of benzene rings is 3. The number of piperidine rings is 1. The number of amides is 1. The van der Waals surface area contributed by atoms with E-state index >= 15 is 0 Å². The Morgan fingerprint density at radius 2 is 1.74 bits per heavy atom. The van der Waals surface area contributed by atoms with Crippen molar-refractivity contribution in [3.05, 3.63) is 100 Å². The van der Waals surface area contributed by atoms with Crippen LogP contribution in [-0.2, 0) is 16.6 Å². The molecule has 1 fully saturated rings. The normalized spacial score (nSPS) is 16.3. The molecule has 0 saturated carbocycles. The van der Waals surface area contributed by atoms with Crippen molar-refractivity contribution in [3.8, 4) is 5.75 Å². The molecule has 1 atom stereocenters. The third-order valence-corrected chi connectivity index (χ3v) is 7.39. The number of carbonyl (C=O) groups excluding carboxylic acids is 1. The average Bonchev–Trinajstić information content (AvgIpc) is 2.87. The maximum atomic E-state index is 13.2. The summed E-state index contributed by atoms with van der Waals surface area (Å²) in [6.45, 7) is 6.21. The van der Waals surface area contributed by atoms with E-state index in [0.29, 0.717) is 10.6 Å². The van der Waals surface area contributed by atoms with Crippen molar-refractivity contribution in [1.29, 1.82) is 0 Å². The summed E-state index contributed by atoms with van der Waals surface area (Å²) in [6.07, 6.45) is 2.93. The molecule has 5 heteroatoms. The van der Waals surface area contributed by atoms with Gasteiger partial charge in [-0.05, 0) is 59.6 Å². The number of likely N-dealkylation sites (tertiary alicyclic amines) is 1. The van der Waals surface area contributed by atoms with Crippen LogP contribution in [0.15, 0.2) is 72.8 Å². The Labute approximate surface area is 207 Å². The standard InChI is InChI=1S/C29H33ClN2O2/c1-3-21-9-7-8-12-25(21)29(2)15-17-32(18-16-29)27(34)20-31-28(22-10-5-4-6-11-22)24-19-23(30)13-14-26(24)33/h4-14,19,28,31,33H,3,15-18,20H2,1-2H3. The first-order valence-corrected chi connectivity index (χ1v) is 12.4. The van der Waals surface area contributed by atoms with E-state index in [1.165, 1.54) is 11.1 Å². The van der Waals surface area contributed by atoms with Crippen LogP contribution in [0.2, 0.25) is 5.02 Å². The second kappa shape index (κ2) is 10.6. The fourth-order valence-corrected chi connectivity index (χ4v) is 5.23. The van der Waals surface area contributed by atoms with Gasteiger partial charge >= 0.3 is 0 Å². The third kappa shape index (κ3) is 5.29. The second-order valence-electron chi connectivity index (χ2n) is 9.38. The van der Waals surface area contributed by atoms with Crippen LogP contribution in [0.5, 0.6) is 5.75 Å². The summed E-state index contributed by atoms with van der Waals surface area (Å²) in [5.41, 5.74) is 4.54. The lowest BCUT2D eigenvalue weighted by atomic mass is 9.72. The van der Waals surface area contributed by atoms with E-state index < -0.39 is 0 Å². The van der Waals surface area contributed by atoms with Gasteiger partial charge in [-0.25, -0.2) is 0 Å². The molecule has 1 amide bonds. The van der Waals surface area contributed by atoms with Crippen molar-refractivity contribution < 1.29 is 9.90 Å². The summed E-state index contributed by atoms with van der Waals surface area (Å²) in [5, 5.41) is 14.4. The van der Waals surface area contributed by atoms with Gasteiger partial charge in [0.25, 0.3) is 0 Å². The monoisotopic (exact) mass is 476 g/mol. The fraction of sp³-hybridized carbons (Fsp3) is 0.345. The summed E-state index contributed by atoms with van der Waals surface area (Å²) in [5.74, 6) is 0.231. The predicted molar refractivity (Wildman–Crippen MR) is 138 cm³/mol. The lowest BCUT2D eigenvalue weighted by Crippen LogP contribution is -2.47. The first kappa shape index (κ1) is 24.3. The van der Waals surface area contributed by atoms with E-state index in [4.69, 9.17) is 11.6 Å². The minimum Gasteiger partial charge on any atom is -0.508 e. The molecule has 1 aliphatic rings. The molecule has 1 aliphatic heterocycles. The number of aromatic hydroxyl groups is 1. The van der Waals surface area contributed by atoms with Crippen LogP contribution in [0.25, 0.3) is 0 Å². The van der Waals surface area contributed by atoms with Crippen molar-refractivity contribution in [1.82, 2.24) is 10.2 Å². The molecular formula is C29H33ClN2O2.